The number of nitrogens with two attached hydrogens (primary N) is 1. The monoisotopic (exact) mass is 311 g/mol. The molecule has 3 N–H and O–H groups in total. The van der Waals surface area contributed by atoms with E-state index in [1.807, 2.05) is 49.4 Å². The van der Waals surface area contributed by atoms with E-state index in [-0.39, 0.29) is 0 Å². The van der Waals surface area contributed by atoms with Gasteiger partial charge in [0, 0.05) is 17.7 Å². The highest BCUT2D eigenvalue weighted by Gasteiger charge is 2.14. The van der Waals surface area contributed by atoms with Gasteiger partial charge < -0.3 is 20.5 Å². The normalized spacial score (nSPS) is 14.2. The van der Waals surface area contributed by atoms with Gasteiger partial charge in [0.1, 0.15) is 0 Å². The molecule has 2 aromatic carbocycles. The Hall–Kier alpha value is -2.69. The second-order valence-electron chi connectivity index (χ2n) is 5.49. The first-order valence-corrected chi connectivity index (χ1v) is 7.73. The molecule has 0 saturated heterocycles. The van der Waals surface area contributed by atoms with Gasteiger partial charge in [0.2, 0.25) is 0 Å². The average Bonchev–Trinajstić information content (AvgIpc) is 2.81. The van der Waals surface area contributed by atoms with E-state index in [4.69, 9.17) is 15.2 Å². The van der Waals surface area contributed by atoms with Crippen LogP contribution in [0.4, 0.5) is 5.69 Å². The molecule has 1 aliphatic rings. The van der Waals surface area contributed by atoms with E-state index in [2.05, 4.69) is 10.3 Å². The molecule has 0 fully saturated rings. The van der Waals surface area contributed by atoms with Gasteiger partial charge in [-0.3, -0.25) is 0 Å². The molecule has 0 amide bonds. The summed E-state index contributed by atoms with van der Waals surface area (Å²) in [6.07, 6.45) is 0.883. The smallest absolute Gasteiger partial charge is 0.193 e. The SMILES string of the molecule is Cc1ccc(NC(N)=NCc2cccc3c2OCCCO3)cc1. The van der Waals surface area contributed by atoms with Crippen molar-refractivity contribution in [3.63, 3.8) is 0 Å². The number of para-hydroxylation sites is 1. The molecule has 1 heterocycles. The number of aliphatic imine (C=N–C) groups is 1. The van der Waals surface area contributed by atoms with Gasteiger partial charge in [0.15, 0.2) is 17.5 Å². The Bertz CT molecular complexity index is 696. The highest BCUT2D eigenvalue weighted by molar-refractivity contribution is 5.92. The highest BCUT2D eigenvalue weighted by Crippen LogP contribution is 2.33. The average molecular weight is 311 g/mol. The Kier molecular flexibility index (Phi) is 4.66. The fourth-order valence-electron chi connectivity index (χ4n) is 2.37. The quantitative estimate of drug-likeness (QED) is 0.675. The van der Waals surface area contributed by atoms with Crippen molar-refractivity contribution in [1.82, 2.24) is 0 Å². The number of hydrogen-bond acceptors (Lipinski definition) is 3. The van der Waals surface area contributed by atoms with Crippen molar-refractivity contribution in [2.24, 2.45) is 10.7 Å². The van der Waals surface area contributed by atoms with Crippen molar-refractivity contribution < 1.29 is 9.47 Å². The number of benzene rings is 2. The molecule has 0 saturated carbocycles. The maximum atomic E-state index is 5.97. The van der Waals surface area contributed by atoms with Crippen LogP contribution in [0, 0.1) is 6.92 Å². The van der Waals surface area contributed by atoms with Crippen LogP contribution in [0.3, 0.4) is 0 Å². The van der Waals surface area contributed by atoms with Gasteiger partial charge in [0.05, 0.1) is 19.8 Å². The van der Waals surface area contributed by atoms with Crippen LogP contribution in [-0.4, -0.2) is 19.2 Å². The van der Waals surface area contributed by atoms with Gasteiger partial charge >= 0.3 is 0 Å². The number of fused-ring (bicyclic) bond motifs is 1. The lowest BCUT2D eigenvalue weighted by Gasteiger charge is -2.11. The van der Waals surface area contributed by atoms with Crippen LogP contribution in [0.5, 0.6) is 11.5 Å². The van der Waals surface area contributed by atoms with Crippen LogP contribution in [0.15, 0.2) is 47.5 Å². The second kappa shape index (κ2) is 7.05. The standard InChI is InChI=1S/C18H21N3O2/c1-13-6-8-15(9-7-13)21-18(19)20-12-14-4-2-5-16-17(14)23-11-3-10-22-16/h2,4-9H,3,10-12H2,1H3,(H3,19,20,21). The van der Waals surface area contributed by atoms with E-state index in [1.54, 1.807) is 0 Å². The fourth-order valence-corrected chi connectivity index (χ4v) is 2.37. The van der Waals surface area contributed by atoms with Gasteiger partial charge in [-0.1, -0.05) is 29.8 Å². The van der Waals surface area contributed by atoms with Crippen molar-refractivity contribution in [2.45, 2.75) is 19.9 Å². The lowest BCUT2D eigenvalue weighted by Crippen LogP contribution is -2.22. The molecule has 0 unspecified atom stereocenters. The molecule has 0 atom stereocenters. The third-order valence-corrected chi connectivity index (χ3v) is 3.60. The van der Waals surface area contributed by atoms with Crippen LogP contribution in [0.25, 0.3) is 0 Å². The topological polar surface area (TPSA) is 68.9 Å². The molecule has 2 aromatic rings. The van der Waals surface area contributed by atoms with Crippen LogP contribution >= 0.6 is 0 Å². The number of anilines is 1. The lowest BCUT2D eigenvalue weighted by atomic mass is 10.2. The van der Waals surface area contributed by atoms with Crippen molar-refractivity contribution >= 4 is 11.6 Å². The summed E-state index contributed by atoms with van der Waals surface area (Å²) in [4.78, 5) is 4.40. The molecular weight excluding hydrogens is 290 g/mol. The minimum Gasteiger partial charge on any atom is -0.490 e. The first-order chi connectivity index (χ1) is 11.2. The van der Waals surface area contributed by atoms with Crippen molar-refractivity contribution in [3.05, 3.63) is 53.6 Å². The van der Waals surface area contributed by atoms with E-state index < -0.39 is 0 Å². The number of aryl methyl sites for hydroxylation is 1. The Morgan fingerprint density at radius 2 is 1.91 bits per heavy atom. The van der Waals surface area contributed by atoms with Gasteiger partial charge in [-0.2, -0.15) is 0 Å². The summed E-state index contributed by atoms with van der Waals surface area (Å²) in [5, 5.41) is 3.09. The zero-order valence-electron chi connectivity index (χ0n) is 13.2. The largest absolute Gasteiger partial charge is 0.490 e. The third kappa shape index (κ3) is 3.94. The summed E-state index contributed by atoms with van der Waals surface area (Å²) < 4.78 is 11.5. The molecule has 0 bridgehead atoms. The van der Waals surface area contributed by atoms with E-state index >= 15 is 0 Å². The predicted octanol–water partition coefficient (Wildman–Crippen LogP) is 3.08. The van der Waals surface area contributed by atoms with Crippen LogP contribution < -0.4 is 20.5 Å². The molecular formula is C18H21N3O2. The minimum absolute atomic E-state index is 0.376. The molecule has 0 spiro atoms. The molecule has 0 radical (unpaired) electrons. The summed E-state index contributed by atoms with van der Waals surface area (Å²) in [7, 11) is 0. The van der Waals surface area contributed by atoms with Gasteiger partial charge in [-0.15, -0.1) is 0 Å². The van der Waals surface area contributed by atoms with Gasteiger partial charge in [-0.25, -0.2) is 4.99 Å². The number of rotatable bonds is 3. The summed E-state index contributed by atoms with van der Waals surface area (Å²) in [6, 6.07) is 13.8. The Morgan fingerprint density at radius 1 is 1.13 bits per heavy atom. The lowest BCUT2D eigenvalue weighted by molar-refractivity contribution is 0.296. The van der Waals surface area contributed by atoms with Gasteiger partial charge in [0.25, 0.3) is 0 Å². The number of guanidine groups is 1. The van der Waals surface area contributed by atoms with Gasteiger partial charge in [-0.05, 0) is 25.1 Å². The van der Waals surface area contributed by atoms with E-state index in [0.29, 0.717) is 25.7 Å². The summed E-state index contributed by atoms with van der Waals surface area (Å²) in [5.41, 5.74) is 9.06. The first-order valence-electron chi connectivity index (χ1n) is 7.73. The summed E-state index contributed by atoms with van der Waals surface area (Å²) in [6.45, 7) is 3.82. The second-order valence-corrected chi connectivity index (χ2v) is 5.49. The fraction of sp³-hybridized carbons (Fsp3) is 0.278. The van der Waals surface area contributed by atoms with Crippen molar-refractivity contribution in [1.29, 1.82) is 0 Å². The third-order valence-electron chi connectivity index (χ3n) is 3.60. The molecule has 0 aliphatic carbocycles. The Morgan fingerprint density at radius 3 is 2.74 bits per heavy atom. The zero-order chi connectivity index (χ0) is 16.1. The van der Waals surface area contributed by atoms with E-state index in [0.717, 1.165) is 29.2 Å². The summed E-state index contributed by atoms with van der Waals surface area (Å²) in [5.74, 6) is 1.93. The van der Waals surface area contributed by atoms with Crippen LogP contribution in [0.1, 0.15) is 17.5 Å². The Balaban J connectivity index is 1.70. The first kappa shape index (κ1) is 15.2. The van der Waals surface area contributed by atoms with Crippen LogP contribution in [-0.2, 0) is 6.54 Å². The number of nitrogens with one attached hydrogen (secondary N) is 1. The number of ether oxygens (including phenoxy) is 2. The van der Waals surface area contributed by atoms with E-state index in [9.17, 15) is 0 Å². The van der Waals surface area contributed by atoms with Crippen LogP contribution in [0.2, 0.25) is 0 Å². The number of hydrogen-bond donors (Lipinski definition) is 2. The molecule has 5 heteroatoms. The van der Waals surface area contributed by atoms with Crippen molar-refractivity contribution in [3.8, 4) is 11.5 Å². The highest BCUT2D eigenvalue weighted by atomic mass is 16.5. The Labute approximate surface area is 136 Å². The zero-order valence-corrected chi connectivity index (χ0v) is 13.2. The number of nitrogens with zero attached hydrogens (tertiary/aromatic N) is 1. The molecule has 1 aliphatic heterocycles. The molecule has 23 heavy (non-hydrogen) atoms. The van der Waals surface area contributed by atoms with E-state index in [1.165, 1.54) is 5.56 Å². The molecule has 0 aromatic heterocycles. The minimum atomic E-state index is 0.376. The predicted molar refractivity (Wildman–Crippen MR) is 92.2 cm³/mol. The van der Waals surface area contributed by atoms with Crippen molar-refractivity contribution in [2.75, 3.05) is 18.5 Å². The molecule has 120 valence electrons. The molecule has 5 nitrogen and oxygen atoms in total. The molecule has 3 rings (SSSR count). The maximum absolute atomic E-state index is 5.97. The maximum Gasteiger partial charge on any atom is 0.193 e. The summed E-state index contributed by atoms with van der Waals surface area (Å²) >= 11 is 0.